The molecule has 1 unspecified atom stereocenters. The van der Waals surface area contributed by atoms with Crippen molar-refractivity contribution in [2.24, 2.45) is 5.92 Å². The molecule has 0 radical (unpaired) electrons. The predicted molar refractivity (Wildman–Crippen MR) is 124 cm³/mol. The van der Waals surface area contributed by atoms with Crippen molar-refractivity contribution in [3.63, 3.8) is 0 Å². The molecule has 4 rings (SSSR count). The second-order valence-corrected chi connectivity index (χ2v) is 8.80. The third kappa shape index (κ3) is 5.05. The number of ether oxygens (including phenoxy) is 1. The van der Waals surface area contributed by atoms with Crippen LogP contribution in [-0.4, -0.2) is 48.7 Å². The monoisotopic (exact) mass is 428 g/mol. The zero-order valence-corrected chi connectivity index (χ0v) is 18.8. The lowest BCUT2D eigenvalue weighted by atomic mass is 9.86. The fourth-order valence-electron chi connectivity index (χ4n) is 4.52. The Morgan fingerprint density at radius 2 is 1.60 bits per heavy atom. The average molecular weight is 429 g/mol. The molecule has 2 aliphatic heterocycles. The van der Waals surface area contributed by atoms with Crippen molar-refractivity contribution < 1.29 is 9.53 Å². The van der Waals surface area contributed by atoms with Crippen LogP contribution < -0.4 is 4.90 Å². The van der Waals surface area contributed by atoms with Crippen LogP contribution in [0.2, 0.25) is 0 Å². The minimum absolute atomic E-state index is 0. The molecule has 5 heteroatoms. The molecular weight excluding hydrogens is 396 g/mol. The Bertz CT molecular complexity index is 804. The lowest BCUT2D eigenvalue weighted by Gasteiger charge is -2.50. The van der Waals surface area contributed by atoms with Gasteiger partial charge in [0.05, 0.1) is 12.1 Å². The summed E-state index contributed by atoms with van der Waals surface area (Å²) in [5.74, 6) is 0.269. The molecule has 162 valence electrons. The molecule has 0 bridgehead atoms. The van der Waals surface area contributed by atoms with Crippen LogP contribution >= 0.6 is 12.4 Å². The normalized spacial score (nSPS) is 21.6. The van der Waals surface area contributed by atoms with Crippen LogP contribution in [0.5, 0.6) is 0 Å². The van der Waals surface area contributed by atoms with Gasteiger partial charge in [0.15, 0.2) is 0 Å². The van der Waals surface area contributed by atoms with Crippen molar-refractivity contribution in [3.05, 3.63) is 66.2 Å². The average Bonchev–Trinajstić information content (AvgIpc) is 2.76. The van der Waals surface area contributed by atoms with E-state index in [4.69, 9.17) is 4.74 Å². The van der Waals surface area contributed by atoms with Crippen LogP contribution in [0.15, 0.2) is 60.7 Å². The van der Waals surface area contributed by atoms with E-state index in [-0.39, 0.29) is 35.9 Å². The lowest BCUT2D eigenvalue weighted by Crippen LogP contribution is -2.63. The van der Waals surface area contributed by atoms with Crippen molar-refractivity contribution in [1.29, 1.82) is 0 Å². The summed E-state index contributed by atoms with van der Waals surface area (Å²) in [5, 5.41) is 0. The highest BCUT2D eigenvalue weighted by Gasteiger charge is 2.47. The highest BCUT2D eigenvalue weighted by molar-refractivity contribution is 5.97. The second-order valence-electron chi connectivity index (χ2n) is 8.80. The molecule has 2 aromatic rings. The number of para-hydroxylation sites is 1. The zero-order valence-electron chi connectivity index (χ0n) is 18.0. The van der Waals surface area contributed by atoms with Gasteiger partial charge in [0, 0.05) is 25.3 Å². The van der Waals surface area contributed by atoms with Crippen LogP contribution in [0, 0.1) is 5.92 Å². The van der Waals surface area contributed by atoms with Gasteiger partial charge in [0.25, 0.3) is 5.91 Å². The number of anilines is 1. The minimum atomic E-state index is -0.361. The maximum absolute atomic E-state index is 13.1. The van der Waals surface area contributed by atoms with E-state index in [1.165, 1.54) is 5.56 Å². The number of piperidine rings is 1. The Balaban J connectivity index is 0.00000256. The number of morpholine rings is 1. The standard InChI is InChI=1S/C25H32N2O2.ClH/c1-20(2)23-24(28)27(22-11-7-4-8-12-22)19-25(29-23)14-17-26(18-15-25)16-13-21-9-5-3-6-10-21;/h3-12,20,23H,13-19H2,1-2H3;1H. The zero-order chi connectivity index (χ0) is 20.3. The molecule has 0 aromatic heterocycles. The van der Waals surface area contributed by atoms with Gasteiger partial charge in [-0.3, -0.25) is 4.79 Å². The SMILES string of the molecule is CC(C)C1OC2(CCN(CCc3ccccc3)CC2)CN(c2ccccc2)C1=O.Cl. The quantitative estimate of drug-likeness (QED) is 0.699. The van der Waals surface area contributed by atoms with Gasteiger partial charge >= 0.3 is 0 Å². The van der Waals surface area contributed by atoms with Crippen molar-refractivity contribution in [2.45, 2.75) is 44.8 Å². The molecule has 1 atom stereocenters. The highest BCUT2D eigenvalue weighted by atomic mass is 35.5. The molecule has 1 amide bonds. The number of likely N-dealkylation sites (tertiary alicyclic amines) is 1. The first-order chi connectivity index (χ1) is 14.1. The number of carbonyl (C=O) groups excluding carboxylic acids is 1. The molecule has 2 fully saturated rings. The molecule has 0 saturated carbocycles. The lowest BCUT2D eigenvalue weighted by molar-refractivity contribution is -0.171. The fraction of sp³-hybridized carbons (Fsp3) is 0.480. The van der Waals surface area contributed by atoms with Crippen molar-refractivity contribution in [1.82, 2.24) is 4.90 Å². The molecule has 1 spiro atoms. The van der Waals surface area contributed by atoms with Crippen molar-refractivity contribution >= 4 is 24.0 Å². The number of benzene rings is 2. The van der Waals surface area contributed by atoms with E-state index >= 15 is 0 Å². The van der Waals surface area contributed by atoms with Crippen LogP contribution in [0.25, 0.3) is 0 Å². The first-order valence-corrected chi connectivity index (χ1v) is 10.9. The summed E-state index contributed by atoms with van der Waals surface area (Å²) in [5.41, 5.74) is 2.14. The summed E-state index contributed by atoms with van der Waals surface area (Å²) in [4.78, 5) is 17.6. The summed E-state index contributed by atoms with van der Waals surface area (Å²) in [6.07, 6.45) is 2.67. The van der Waals surface area contributed by atoms with Gasteiger partial charge in [-0.15, -0.1) is 12.4 Å². The topological polar surface area (TPSA) is 32.8 Å². The summed E-state index contributed by atoms with van der Waals surface area (Å²) in [6.45, 7) is 7.95. The number of hydrogen-bond acceptors (Lipinski definition) is 3. The number of rotatable bonds is 5. The number of carbonyl (C=O) groups is 1. The van der Waals surface area contributed by atoms with Crippen molar-refractivity contribution in [2.75, 3.05) is 31.1 Å². The maximum Gasteiger partial charge on any atom is 0.256 e. The molecule has 0 N–H and O–H groups in total. The van der Waals surface area contributed by atoms with Gasteiger partial charge in [-0.25, -0.2) is 0 Å². The van der Waals surface area contributed by atoms with E-state index in [2.05, 4.69) is 49.1 Å². The van der Waals surface area contributed by atoms with Crippen molar-refractivity contribution in [3.8, 4) is 0 Å². The molecule has 0 aliphatic carbocycles. The van der Waals surface area contributed by atoms with Gasteiger partial charge in [0.2, 0.25) is 0 Å². The molecule has 30 heavy (non-hydrogen) atoms. The second kappa shape index (κ2) is 9.95. The highest BCUT2D eigenvalue weighted by Crippen LogP contribution is 2.36. The number of halogens is 1. The Labute approximate surface area is 186 Å². The van der Waals surface area contributed by atoms with Crippen LogP contribution in [0.3, 0.4) is 0 Å². The minimum Gasteiger partial charge on any atom is -0.360 e. The van der Waals surface area contributed by atoms with Gasteiger partial charge in [-0.1, -0.05) is 62.4 Å². The first-order valence-electron chi connectivity index (χ1n) is 10.9. The maximum atomic E-state index is 13.1. The van der Waals surface area contributed by atoms with E-state index in [1.807, 2.05) is 35.2 Å². The molecule has 2 aromatic carbocycles. The predicted octanol–water partition coefficient (Wildman–Crippen LogP) is 4.57. The van der Waals surface area contributed by atoms with E-state index in [1.54, 1.807) is 0 Å². The Kier molecular flexibility index (Phi) is 7.56. The number of amides is 1. The first kappa shape index (κ1) is 22.8. The van der Waals surface area contributed by atoms with E-state index < -0.39 is 0 Å². The van der Waals surface area contributed by atoms with Gasteiger partial charge in [-0.2, -0.15) is 0 Å². The van der Waals surface area contributed by atoms with E-state index in [9.17, 15) is 4.79 Å². The Hall–Kier alpha value is -1.88. The van der Waals surface area contributed by atoms with Gasteiger partial charge in [-0.05, 0) is 42.9 Å². The summed E-state index contributed by atoms with van der Waals surface area (Å²) >= 11 is 0. The van der Waals surface area contributed by atoms with Gasteiger partial charge < -0.3 is 14.5 Å². The summed E-state index contributed by atoms with van der Waals surface area (Å²) in [6, 6.07) is 20.7. The number of nitrogens with zero attached hydrogens (tertiary/aromatic N) is 2. The Morgan fingerprint density at radius 3 is 2.20 bits per heavy atom. The van der Waals surface area contributed by atoms with Crippen LogP contribution in [-0.2, 0) is 16.0 Å². The number of hydrogen-bond donors (Lipinski definition) is 0. The molecule has 4 nitrogen and oxygen atoms in total. The third-order valence-electron chi connectivity index (χ3n) is 6.33. The molecule has 2 heterocycles. The fourth-order valence-corrected chi connectivity index (χ4v) is 4.52. The van der Waals surface area contributed by atoms with E-state index in [0.29, 0.717) is 6.54 Å². The molecule has 2 saturated heterocycles. The molecular formula is C25H33ClN2O2. The van der Waals surface area contributed by atoms with E-state index in [0.717, 1.165) is 44.6 Å². The van der Waals surface area contributed by atoms with Crippen LogP contribution in [0.1, 0.15) is 32.3 Å². The van der Waals surface area contributed by atoms with Gasteiger partial charge in [0.1, 0.15) is 6.10 Å². The molecule has 2 aliphatic rings. The van der Waals surface area contributed by atoms with Crippen LogP contribution in [0.4, 0.5) is 5.69 Å². The third-order valence-corrected chi connectivity index (χ3v) is 6.33. The smallest absolute Gasteiger partial charge is 0.256 e. The Morgan fingerprint density at radius 1 is 1.00 bits per heavy atom. The summed E-state index contributed by atoms with van der Waals surface area (Å²) in [7, 11) is 0. The largest absolute Gasteiger partial charge is 0.360 e. The summed E-state index contributed by atoms with van der Waals surface area (Å²) < 4.78 is 6.53.